The number of aryl methyl sites for hydroxylation is 1. The maximum absolute atomic E-state index is 12.1. The lowest BCUT2D eigenvalue weighted by Gasteiger charge is -2.28. The van der Waals surface area contributed by atoms with Gasteiger partial charge in [-0.1, -0.05) is 5.18 Å². The number of carbonyl (C=O) groups is 1. The molecule has 0 aliphatic carbocycles. The Balaban J connectivity index is 1.76. The second-order valence-electron chi connectivity index (χ2n) is 6.02. The molecular formula is C17H16N6O2. The molecule has 0 unspecified atom stereocenters. The van der Waals surface area contributed by atoms with Gasteiger partial charge in [0.1, 0.15) is 5.69 Å². The summed E-state index contributed by atoms with van der Waals surface area (Å²) in [6.45, 7) is 2.76. The van der Waals surface area contributed by atoms with Gasteiger partial charge in [-0.15, -0.1) is 0 Å². The molecule has 0 fully saturated rings. The van der Waals surface area contributed by atoms with Crippen molar-refractivity contribution in [3.05, 3.63) is 46.6 Å². The fourth-order valence-corrected chi connectivity index (χ4v) is 3.08. The summed E-state index contributed by atoms with van der Waals surface area (Å²) in [4.78, 5) is 28.2. The molecule has 0 saturated heterocycles. The Morgan fingerprint density at radius 3 is 3.00 bits per heavy atom. The van der Waals surface area contributed by atoms with Crippen LogP contribution >= 0.6 is 0 Å². The van der Waals surface area contributed by atoms with Gasteiger partial charge in [0.25, 0.3) is 0 Å². The first-order chi connectivity index (χ1) is 12.2. The average molecular weight is 336 g/mol. The standard InChI is InChI=1S/C17H16N6O2/c1-10-6-11(2-3-18-10)16-13-7-12-9-23(5-4-19-25)17(24)20-14(12)8-15(13)21-22-16/h2-3,6-8H,4-5,9H2,1H3,(H,20,24)(H,21,22). The lowest BCUT2D eigenvalue weighted by Crippen LogP contribution is -2.39. The first-order valence-electron chi connectivity index (χ1n) is 7.95. The van der Waals surface area contributed by atoms with Crippen molar-refractivity contribution >= 4 is 22.6 Å². The molecule has 25 heavy (non-hydrogen) atoms. The number of nitroso groups, excluding NO2 is 1. The summed E-state index contributed by atoms with van der Waals surface area (Å²) in [5.74, 6) is 0. The van der Waals surface area contributed by atoms with Crippen LogP contribution in [0.25, 0.3) is 22.2 Å². The molecule has 4 rings (SSSR count). The van der Waals surface area contributed by atoms with E-state index in [4.69, 9.17) is 0 Å². The third kappa shape index (κ3) is 2.71. The van der Waals surface area contributed by atoms with Crippen LogP contribution in [-0.4, -0.2) is 39.2 Å². The van der Waals surface area contributed by atoms with Crippen LogP contribution < -0.4 is 5.32 Å². The molecule has 0 bridgehead atoms. The normalized spacial score (nSPS) is 13.6. The van der Waals surface area contributed by atoms with Crippen molar-refractivity contribution in [1.82, 2.24) is 20.1 Å². The highest BCUT2D eigenvalue weighted by molar-refractivity contribution is 6.00. The predicted molar refractivity (Wildman–Crippen MR) is 94.2 cm³/mol. The molecule has 3 aromatic rings. The van der Waals surface area contributed by atoms with Crippen LogP contribution in [0.2, 0.25) is 0 Å². The Hall–Kier alpha value is -3.29. The van der Waals surface area contributed by atoms with Gasteiger partial charge in [-0.25, -0.2) is 4.79 Å². The fourth-order valence-electron chi connectivity index (χ4n) is 3.08. The van der Waals surface area contributed by atoms with E-state index in [9.17, 15) is 9.70 Å². The molecule has 0 radical (unpaired) electrons. The number of H-pyrrole nitrogens is 1. The number of rotatable bonds is 4. The van der Waals surface area contributed by atoms with Crippen molar-refractivity contribution in [2.75, 3.05) is 18.4 Å². The maximum atomic E-state index is 12.1. The number of anilines is 1. The van der Waals surface area contributed by atoms with E-state index in [0.717, 1.165) is 39.1 Å². The topological polar surface area (TPSA) is 103 Å². The molecule has 2 aromatic heterocycles. The minimum atomic E-state index is -0.222. The van der Waals surface area contributed by atoms with Crippen molar-refractivity contribution in [3.63, 3.8) is 0 Å². The van der Waals surface area contributed by atoms with Crippen molar-refractivity contribution in [2.24, 2.45) is 5.18 Å². The molecule has 1 aromatic carbocycles. The minimum Gasteiger partial charge on any atom is -0.318 e. The molecule has 3 heterocycles. The molecule has 8 heteroatoms. The molecule has 0 atom stereocenters. The summed E-state index contributed by atoms with van der Waals surface area (Å²) in [6.07, 6.45) is 1.76. The van der Waals surface area contributed by atoms with Crippen LogP contribution in [0.15, 0.2) is 35.6 Å². The summed E-state index contributed by atoms with van der Waals surface area (Å²) < 4.78 is 0. The predicted octanol–water partition coefficient (Wildman–Crippen LogP) is 3.05. The van der Waals surface area contributed by atoms with E-state index in [1.807, 2.05) is 31.2 Å². The molecule has 8 nitrogen and oxygen atoms in total. The molecule has 2 N–H and O–H groups in total. The number of carbonyl (C=O) groups excluding carboxylic acids is 1. The van der Waals surface area contributed by atoms with E-state index in [0.29, 0.717) is 13.1 Å². The van der Waals surface area contributed by atoms with Crippen LogP contribution in [0.3, 0.4) is 0 Å². The molecule has 126 valence electrons. The van der Waals surface area contributed by atoms with Gasteiger partial charge in [0, 0.05) is 41.6 Å². The lowest BCUT2D eigenvalue weighted by molar-refractivity contribution is 0.208. The number of nitrogens with one attached hydrogen (secondary N) is 2. The number of urea groups is 1. The van der Waals surface area contributed by atoms with Gasteiger partial charge in [-0.2, -0.15) is 10.0 Å². The zero-order chi connectivity index (χ0) is 17.4. The summed E-state index contributed by atoms with van der Waals surface area (Å²) in [7, 11) is 0. The van der Waals surface area contributed by atoms with E-state index in [1.54, 1.807) is 11.1 Å². The zero-order valence-electron chi connectivity index (χ0n) is 13.6. The SMILES string of the molecule is Cc1cc(-c2n[nH]c3cc4c(cc23)CN(CCN=O)C(=O)N4)ccn1. The van der Waals surface area contributed by atoms with Gasteiger partial charge in [0.05, 0.1) is 12.1 Å². The van der Waals surface area contributed by atoms with Crippen LogP contribution in [0.1, 0.15) is 11.3 Å². The van der Waals surface area contributed by atoms with Crippen LogP contribution in [-0.2, 0) is 6.54 Å². The number of amides is 2. The maximum Gasteiger partial charge on any atom is 0.322 e. The minimum absolute atomic E-state index is 0.0816. The fraction of sp³-hybridized carbons (Fsp3) is 0.235. The lowest BCUT2D eigenvalue weighted by atomic mass is 10.0. The molecular weight excluding hydrogens is 320 g/mol. The van der Waals surface area contributed by atoms with E-state index >= 15 is 0 Å². The number of hydrogen-bond acceptors (Lipinski definition) is 5. The van der Waals surface area contributed by atoms with E-state index < -0.39 is 0 Å². The van der Waals surface area contributed by atoms with Gasteiger partial charge < -0.3 is 10.2 Å². The van der Waals surface area contributed by atoms with Crippen molar-refractivity contribution in [2.45, 2.75) is 13.5 Å². The van der Waals surface area contributed by atoms with Crippen LogP contribution in [0.5, 0.6) is 0 Å². The highest BCUT2D eigenvalue weighted by atomic mass is 16.3. The number of pyridine rings is 1. The first-order valence-corrected chi connectivity index (χ1v) is 7.95. The monoisotopic (exact) mass is 336 g/mol. The Kier molecular flexibility index (Phi) is 3.64. The van der Waals surface area contributed by atoms with Crippen molar-refractivity contribution < 1.29 is 4.79 Å². The molecule has 1 aliphatic rings. The smallest absolute Gasteiger partial charge is 0.318 e. The number of aromatic amines is 1. The van der Waals surface area contributed by atoms with Gasteiger partial charge in [0.2, 0.25) is 0 Å². The Bertz CT molecular complexity index is 980. The quantitative estimate of drug-likeness (QED) is 0.715. The van der Waals surface area contributed by atoms with E-state index in [1.165, 1.54) is 0 Å². The number of nitrogens with zero attached hydrogens (tertiary/aromatic N) is 4. The third-order valence-corrected chi connectivity index (χ3v) is 4.31. The zero-order valence-corrected chi connectivity index (χ0v) is 13.6. The molecule has 2 amide bonds. The van der Waals surface area contributed by atoms with E-state index in [-0.39, 0.29) is 12.6 Å². The molecule has 0 saturated carbocycles. The van der Waals surface area contributed by atoms with Crippen LogP contribution in [0, 0.1) is 11.8 Å². The number of aromatic nitrogens is 3. The second kappa shape index (κ2) is 5.97. The van der Waals surface area contributed by atoms with Gasteiger partial charge in [-0.05, 0) is 36.8 Å². The summed E-state index contributed by atoms with van der Waals surface area (Å²) >= 11 is 0. The Morgan fingerprint density at radius 2 is 2.20 bits per heavy atom. The largest absolute Gasteiger partial charge is 0.322 e. The van der Waals surface area contributed by atoms with Gasteiger partial charge in [-0.3, -0.25) is 10.1 Å². The Morgan fingerprint density at radius 1 is 1.32 bits per heavy atom. The van der Waals surface area contributed by atoms with Gasteiger partial charge in [0.15, 0.2) is 0 Å². The highest BCUT2D eigenvalue weighted by Gasteiger charge is 2.24. The summed E-state index contributed by atoms with van der Waals surface area (Å²) in [6, 6.07) is 7.60. The first kappa shape index (κ1) is 15.3. The summed E-state index contributed by atoms with van der Waals surface area (Å²) in [5, 5.41) is 14.1. The number of benzene rings is 1. The second-order valence-corrected chi connectivity index (χ2v) is 6.02. The molecule has 0 spiro atoms. The number of hydrogen-bond donors (Lipinski definition) is 2. The van der Waals surface area contributed by atoms with Gasteiger partial charge >= 0.3 is 6.03 Å². The van der Waals surface area contributed by atoms with Crippen molar-refractivity contribution in [1.29, 1.82) is 0 Å². The van der Waals surface area contributed by atoms with Crippen molar-refractivity contribution in [3.8, 4) is 11.3 Å². The van der Waals surface area contributed by atoms with Crippen LogP contribution in [0.4, 0.5) is 10.5 Å². The number of fused-ring (bicyclic) bond motifs is 2. The average Bonchev–Trinajstić information content (AvgIpc) is 3.01. The summed E-state index contributed by atoms with van der Waals surface area (Å²) in [5.41, 5.74) is 5.35. The van der Waals surface area contributed by atoms with E-state index in [2.05, 4.69) is 25.7 Å². The molecule has 1 aliphatic heterocycles. The third-order valence-electron chi connectivity index (χ3n) is 4.31. The highest BCUT2D eigenvalue weighted by Crippen LogP contribution is 2.33. The Labute approximate surface area is 143 Å².